The molecule has 0 aliphatic rings. The van der Waals surface area contributed by atoms with Gasteiger partial charge in [-0.2, -0.15) is 5.10 Å². The number of hydrogen-bond donors (Lipinski definition) is 1. The third-order valence-corrected chi connectivity index (χ3v) is 1.93. The van der Waals surface area contributed by atoms with E-state index in [1.807, 2.05) is 17.8 Å². The van der Waals surface area contributed by atoms with Crippen molar-refractivity contribution in [1.29, 1.82) is 0 Å². The highest BCUT2D eigenvalue weighted by Crippen LogP contribution is 2.06. The Hall–Kier alpha value is -1.09. The minimum atomic E-state index is 0.627. The Kier molecular flexibility index (Phi) is 3.05. The quantitative estimate of drug-likeness (QED) is 0.730. The number of rotatable bonds is 3. The van der Waals surface area contributed by atoms with Crippen molar-refractivity contribution in [2.45, 2.75) is 13.3 Å². The maximum Gasteiger partial charge on any atom is 0.0606 e. The van der Waals surface area contributed by atoms with Crippen LogP contribution in [0.15, 0.2) is 17.8 Å². The fourth-order valence-electron chi connectivity index (χ4n) is 1.04. The smallest absolute Gasteiger partial charge is 0.0606 e. The van der Waals surface area contributed by atoms with Gasteiger partial charge in [-0.3, -0.25) is 4.68 Å². The molecule has 1 heterocycles. The lowest BCUT2D eigenvalue weighted by molar-refractivity contribution is 0.758. The normalized spacial score (nSPS) is 12.1. The molecule has 1 aromatic heterocycles. The second kappa shape index (κ2) is 4.07. The highest BCUT2D eigenvalue weighted by Gasteiger charge is 1.95. The maximum absolute atomic E-state index is 5.55. The van der Waals surface area contributed by atoms with Gasteiger partial charge in [-0.1, -0.05) is 12.5 Å². The summed E-state index contributed by atoms with van der Waals surface area (Å²) in [4.78, 5) is 0. The van der Waals surface area contributed by atoms with Crippen LogP contribution in [0.5, 0.6) is 0 Å². The lowest BCUT2D eigenvalue weighted by atomic mass is 10.2. The zero-order valence-electron chi connectivity index (χ0n) is 7.62. The van der Waals surface area contributed by atoms with Crippen LogP contribution < -0.4 is 5.73 Å². The summed E-state index contributed by atoms with van der Waals surface area (Å²) in [5.74, 6) is 0. The van der Waals surface area contributed by atoms with Crippen LogP contribution in [-0.2, 0) is 7.05 Å². The van der Waals surface area contributed by atoms with Crippen LogP contribution in [0.25, 0.3) is 6.08 Å². The van der Waals surface area contributed by atoms with E-state index in [1.165, 1.54) is 5.57 Å². The Morgan fingerprint density at radius 2 is 2.50 bits per heavy atom. The number of aryl methyl sites for hydroxylation is 1. The Morgan fingerprint density at radius 1 is 1.75 bits per heavy atom. The first-order valence-electron chi connectivity index (χ1n) is 4.15. The first-order valence-corrected chi connectivity index (χ1v) is 4.15. The van der Waals surface area contributed by atoms with Crippen LogP contribution in [0.3, 0.4) is 0 Å². The molecule has 0 amide bonds. The molecule has 0 saturated heterocycles. The van der Waals surface area contributed by atoms with E-state index in [9.17, 15) is 0 Å². The molecule has 66 valence electrons. The van der Waals surface area contributed by atoms with E-state index >= 15 is 0 Å². The highest BCUT2D eigenvalue weighted by atomic mass is 15.2. The maximum atomic E-state index is 5.55. The van der Waals surface area contributed by atoms with E-state index in [0.29, 0.717) is 6.54 Å². The fraction of sp³-hybridized carbons (Fsp3) is 0.444. The molecular weight excluding hydrogens is 150 g/mol. The van der Waals surface area contributed by atoms with Crippen molar-refractivity contribution in [3.63, 3.8) is 0 Å². The summed E-state index contributed by atoms with van der Waals surface area (Å²) in [6, 6.07) is 1.98. The van der Waals surface area contributed by atoms with E-state index in [0.717, 1.165) is 12.1 Å². The van der Waals surface area contributed by atoms with Crippen molar-refractivity contribution in [2.24, 2.45) is 12.8 Å². The lowest BCUT2D eigenvalue weighted by Gasteiger charge is -2.00. The summed E-state index contributed by atoms with van der Waals surface area (Å²) in [7, 11) is 1.93. The van der Waals surface area contributed by atoms with Gasteiger partial charge in [-0.15, -0.1) is 0 Å². The topological polar surface area (TPSA) is 43.8 Å². The zero-order valence-corrected chi connectivity index (χ0v) is 7.62. The van der Waals surface area contributed by atoms with Gasteiger partial charge in [-0.05, 0) is 18.6 Å². The summed E-state index contributed by atoms with van der Waals surface area (Å²) in [6.07, 6.45) is 4.88. The van der Waals surface area contributed by atoms with E-state index in [-0.39, 0.29) is 0 Å². The Labute approximate surface area is 72.9 Å². The van der Waals surface area contributed by atoms with Crippen LogP contribution >= 0.6 is 0 Å². The lowest BCUT2D eigenvalue weighted by Crippen LogP contribution is -2.03. The van der Waals surface area contributed by atoms with Crippen molar-refractivity contribution in [3.8, 4) is 0 Å². The second-order valence-electron chi connectivity index (χ2n) is 2.74. The molecule has 0 unspecified atom stereocenters. The molecule has 0 saturated carbocycles. The van der Waals surface area contributed by atoms with Crippen LogP contribution in [0.2, 0.25) is 0 Å². The minimum Gasteiger partial charge on any atom is -0.327 e. The summed E-state index contributed by atoms with van der Waals surface area (Å²) in [6.45, 7) is 2.73. The molecule has 0 aliphatic heterocycles. The van der Waals surface area contributed by atoms with Gasteiger partial charge >= 0.3 is 0 Å². The first-order chi connectivity index (χ1) is 5.77. The van der Waals surface area contributed by atoms with Gasteiger partial charge in [0.05, 0.1) is 5.69 Å². The fourth-order valence-corrected chi connectivity index (χ4v) is 1.04. The highest BCUT2D eigenvalue weighted by molar-refractivity contribution is 5.49. The van der Waals surface area contributed by atoms with Gasteiger partial charge in [-0.25, -0.2) is 0 Å². The molecule has 0 aromatic carbocycles. The van der Waals surface area contributed by atoms with E-state index in [4.69, 9.17) is 5.73 Å². The molecular formula is C9H15N3. The van der Waals surface area contributed by atoms with Gasteiger partial charge < -0.3 is 5.73 Å². The summed E-state index contributed by atoms with van der Waals surface area (Å²) >= 11 is 0. The first kappa shape index (κ1) is 9.00. The van der Waals surface area contributed by atoms with Gasteiger partial charge in [0.25, 0.3) is 0 Å². The van der Waals surface area contributed by atoms with Gasteiger partial charge in [0.2, 0.25) is 0 Å². The summed E-state index contributed by atoms with van der Waals surface area (Å²) < 4.78 is 1.84. The van der Waals surface area contributed by atoms with Crippen molar-refractivity contribution >= 4 is 6.08 Å². The molecule has 1 aromatic rings. The monoisotopic (exact) mass is 165 g/mol. The molecule has 0 spiro atoms. The molecule has 12 heavy (non-hydrogen) atoms. The molecule has 0 atom stereocenters. The molecule has 0 radical (unpaired) electrons. The minimum absolute atomic E-state index is 0.627. The number of hydrogen-bond acceptors (Lipinski definition) is 2. The van der Waals surface area contributed by atoms with Crippen molar-refractivity contribution in [3.05, 3.63) is 23.5 Å². The molecule has 0 bridgehead atoms. The van der Waals surface area contributed by atoms with Crippen LogP contribution in [0.1, 0.15) is 19.0 Å². The molecule has 3 heteroatoms. The van der Waals surface area contributed by atoms with E-state index in [1.54, 1.807) is 6.20 Å². The Morgan fingerprint density at radius 3 is 2.92 bits per heavy atom. The van der Waals surface area contributed by atoms with E-state index in [2.05, 4.69) is 18.1 Å². The third kappa shape index (κ3) is 1.95. The number of nitrogens with zero attached hydrogens (tertiary/aromatic N) is 2. The van der Waals surface area contributed by atoms with Crippen molar-refractivity contribution < 1.29 is 0 Å². The van der Waals surface area contributed by atoms with E-state index < -0.39 is 0 Å². The van der Waals surface area contributed by atoms with Crippen molar-refractivity contribution in [1.82, 2.24) is 9.78 Å². The Bertz CT molecular complexity index is 267. The number of nitrogens with two attached hydrogens (primary N) is 1. The summed E-state index contributed by atoms with van der Waals surface area (Å²) in [5.41, 5.74) is 7.91. The SMILES string of the molecule is CC/C(=C\c1ccnn1C)CN. The number of aromatic nitrogens is 2. The largest absolute Gasteiger partial charge is 0.327 e. The van der Waals surface area contributed by atoms with Gasteiger partial charge in [0, 0.05) is 19.8 Å². The Balaban J connectivity index is 2.85. The van der Waals surface area contributed by atoms with Crippen LogP contribution in [-0.4, -0.2) is 16.3 Å². The zero-order chi connectivity index (χ0) is 8.97. The average molecular weight is 165 g/mol. The summed E-state index contributed by atoms with van der Waals surface area (Å²) in [5, 5.41) is 4.07. The van der Waals surface area contributed by atoms with Gasteiger partial charge in [0.15, 0.2) is 0 Å². The molecule has 0 aliphatic carbocycles. The predicted molar refractivity (Wildman–Crippen MR) is 50.5 cm³/mol. The van der Waals surface area contributed by atoms with Crippen LogP contribution in [0, 0.1) is 0 Å². The standard InChI is InChI=1S/C9H15N3/c1-3-8(7-10)6-9-4-5-11-12(9)2/h4-6H,3,7,10H2,1-2H3/b8-6+. The average Bonchev–Trinajstić information content (AvgIpc) is 2.47. The van der Waals surface area contributed by atoms with Gasteiger partial charge in [0.1, 0.15) is 0 Å². The molecule has 0 fully saturated rings. The van der Waals surface area contributed by atoms with Crippen LogP contribution in [0.4, 0.5) is 0 Å². The molecule has 3 nitrogen and oxygen atoms in total. The second-order valence-corrected chi connectivity index (χ2v) is 2.74. The predicted octanol–water partition coefficient (Wildman–Crippen LogP) is 1.17. The molecule has 1 rings (SSSR count). The molecule has 2 N–H and O–H groups in total. The third-order valence-electron chi connectivity index (χ3n) is 1.93. The van der Waals surface area contributed by atoms with Crippen molar-refractivity contribution in [2.75, 3.05) is 6.54 Å².